The molecule has 2 heterocycles. The third-order valence-electron chi connectivity index (χ3n) is 4.41. The van der Waals surface area contributed by atoms with Gasteiger partial charge in [0.1, 0.15) is 0 Å². The number of rotatable bonds is 4. The second kappa shape index (κ2) is 7.20. The average molecular weight is 346 g/mol. The van der Waals surface area contributed by atoms with Crippen LogP contribution in [0.3, 0.4) is 0 Å². The number of carbonyl (C=O) groups is 1. The van der Waals surface area contributed by atoms with E-state index in [0.717, 1.165) is 28.0 Å². The summed E-state index contributed by atoms with van der Waals surface area (Å²) in [6.45, 7) is 3.69. The van der Waals surface area contributed by atoms with Crippen molar-refractivity contribution in [1.29, 1.82) is 0 Å². The van der Waals surface area contributed by atoms with Crippen LogP contribution in [0.25, 0.3) is 0 Å². The normalized spacial score (nSPS) is 20.1. The van der Waals surface area contributed by atoms with E-state index in [1.165, 1.54) is 12.4 Å². The van der Waals surface area contributed by atoms with Crippen molar-refractivity contribution in [3.05, 3.63) is 69.6 Å². The number of nitrogens with zero attached hydrogens (tertiary/aromatic N) is 1. The number of aryl methyl sites for hydroxylation is 1. The second-order valence-corrected chi connectivity index (χ2v) is 6.59. The minimum absolute atomic E-state index is 0.0251. The predicted molar refractivity (Wildman–Crippen MR) is 92.5 cm³/mol. The number of carbonyl (C=O) groups excluding carboxylic acids is 1. The summed E-state index contributed by atoms with van der Waals surface area (Å²) in [7, 11) is 0. The number of aromatic nitrogens is 1. The van der Waals surface area contributed by atoms with E-state index in [0.29, 0.717) is 18.1 Å². The van der Waals surface area contributed by atoms with Crippen molar-refractivity contribution < 1.29 is 9.52 Å². The van der Waals surface area contributed by atoms with Crippen molar-refractivity contribution in [3.63, 3.8) is 0 Å². The van der Waals surface area contributed by atoms with E-state index >= 15 is 0 Å². The number of hydrogen-bond acceptors (Lipinski definition) is 3. The molecule has 2 N–H and O–H groups in total. The Morgan fingerprint density at radius 3 is 3.00 bits per heavy atom. The molecule has 0 spiro atoms. The monoisotopic (exact) mass is 345 g/mol. The summed E-state index contributed by atoms with van der Waals surface area (Å²) < 4.78 is 0.730. The summed E-state index contributed by atoms with van der Waals surface area (Å²) in [5.74, 6) is -0.144. The van der Waals surface area contributed by atoms with Crippen LogP contribution in [0.4, 0.5) is 0 Å². The fourth-order valence-electron chi connectivity index (χ4n) is 3.14. The van der Waals surface area contributed by atoms with Crippen molar-refractivity contribution >= 4 is 17.5 Å². The first kappa shape index (κ1) is 16.7. The quantitative estimate of drug-likeness (QED) is 0.657. The Kier molecular flexibility index (Phi) is 5.02. The van der Waals surface area contributed by atoms with Crippen LogP contribution >= 0.6 is 11.6 Å². The Balaban J connectivity index is 1.69. The molecule has 1 aliphatic heterocycles. The molecular formula is C18H20ClN3O2. The van der Waals surface area contributed by atoms with Gasteiger partial charge in [0.2, 0.25) is 5.91 Å². The first-order valence-electron chi connectivity index (χ1n) is 7.97. The van der Waals surface area contributed by atoms with E-state index < -0.39 is 0 Å². The van der Waals surface area contributed by atoms with Crippen molar-refractivity contribution in [2.45, 2.75) is 19.4 Å². The molecule has 1 aliphatic rings. The molecule has 1 amide bonds. The topological polar surface area (TPSA) is 68.1 Å². The Morgan fingerprint density at radius 2 is 2.25 bits per heavy atom. The van der Waals surface area contributed by atoms with Crippen LogP contribution in [0.5, 0.6) is 0 Å². The molecule has 1 fully saturated rings. The van der Waals surface area contributed by atoms with Crippen molar-refractivity contribution in [3.8, 4) is 0 Å². The van der Waals surface area contributed by atoms with Crippen LogP contribution < -0.4 is 15.4 Å². The molecule has 1 aromatic heterocycles. The van der Waals surface area contributed by atoms with E-state index in [-0.39, 0.29) is 17.7 Å². The molecule has 1 aromatic carbocycles. The summed E-state index contributed by atoms with van der Waals surface area (Å²) >= 11 is 6.37. The highest BCUT2D eigenvalue weighted by Gasteiger charge is 2.34. The Hall–Kier alpha value is -2.11. The lowest BCUT2D eigenvalue weighted by Gasteiger charge is -2.20. The summed E-state index contributed by atoms with van der Waals surface area (Å²) in [6, 6.07) is 9.44. The van der Waals surface area contributed by atoms with E-state index in [4.69, 9.17) is 11.6 Å². The molecule has 24 heavy (non-hydrogen) atoms. The Labute approximate surface area is 146 Å². The van der Waals surface area contributed by atoms with Crippen LogP contribution in [0.15, 0.2) is 42.7 Å². The zero-order chi connectivity index (χ0) is 17.1. The van der Waals surface area contributed by atoms with Gasteiger partial charge in [-0.25, -0.2) is 0 Å². The summed E-state index contributed by atoms with van der Waals surface area (Å²) in [6.07, 6.45) is 2.88. The predicted octanol–water partition coefficient (Wildman–Crippen LogP) is 1.90. The fourth-order valence-corrected chi connectivity index (χ4v) is 3.51. The molecule has 2 unspecified atom stereocenters. The molecular weight excluding hydrogens is 326 g/mol. The van der Waals surface area contributed by atoms with Crippen molar-refractivity contribution in [1.82, 2.24) is 10.6 Å². The van der Waals surface area contributed by atoms with Gasteiger partial charge in [0.25, 0.3) is 0 Å². The van der Waals surface area contributed by atoms with E-state index in [2.05, 4.69) is 10.6 Å². The van der Waals surface area contributed by atoms with Gasteiger partial charge in [0.15, 0.2) is 12.4 Å². The maximum absolute atomic E-state index is 12.6. The highest BCUT2D eigenvalue weighted by Crippen LogP contribution is 2.33. The van der Waals surface area contributed by atoms with Gasteiger partial charge in [-0.3, -0.25) is 4.79 Å². The van der Waals surface area contributed by atoms with Crippen molar-refractivity contribution in [2.75, 3.05) is 13.1 Å². The van der Waals surface area contributed by atoms with Crippen LogP contribution in [0.1, 0.15) is 22.6 Å². The summed E-state index contributed by atoms with van der Waals surface area (Å²) in [4.78, 5) is 12.6. The zero-order valence-electron chi connectivity index (χ0n) is 13.5. The van der Waals surface area contributed by atoms with Gasteiger partial charge in [0, 0.05) is 42.2 Å². The average Bonchev–Trinajstić information content (AvgIpc) is 3.02. The standard InChI is InChI=1S/C18H20ClN3O2/c1-12-4-5-14(17(19)7-12)15-9-20-10-16(15)18(23)21-8-13-3-2-6-22(24)11-13/h2-7,11,15-16,20H,8-10H2,1H3,(H,21,23). The number of halogens is 1. The molecule has 0 aliphatic carbocycles. The second-order valence-electron chi connectivity index (χ2n) is 6.19. The maximum Gasteiger partial charge on any atom is 0.225 e. The Bertz CT molecular complexity index is 751. The highest BCUT2D eigenvalue weighted by atomic mass is 35.5. The van der Waals surface area contributed by atoms with Crippen LogP contribution in [0, 0.1) is 18.0 Å². The number of nitrogens with one attached hydrogen (secondary N) is 2. The molecule has 0 bridgehead atoms. The number of amides is 1. The minimum atomic E-state index is -0.173. The highest BCUT2D eigenvalue weighted by molar-refractivity contribution is 6.31. The number of benzene rings is 1. The lowest BCUT2D eigenvalue weighted by atomic mass is 9.88. The lowest BCUT2D eigenvalue weighted by Crippen LogP contribution is -2.35. The Morgan fingerprint density at radius 1 is 1.42 bits per heavy atom. The fraction of sp³-hybridized carbons (Fsp3) is 0.333. The van der Waals surface area contributed by atoms with Crippen LogP contribution in [-0.4, -0.2) is 19.0 Å². The molecule has 2 aromatic rings. The van der Waals surface area contributed by atoms with Crippen LogP contribution in [0.2, 0.25) is 5.02 Å². The van der Waals surface area contributed by atoms with Gasteiger partial charge >= 0.3 is 0 Å². The smallest absolute Gasteiger partial charge is 0.225 e. The van der Waals surface area contributed by atoms with Crippen molar-refractivity contribution in [2.24, 2.45) is 5.92 Å². The van der Waals surface area contributed by atoms with Crippen LogP contribution in [-0.2, 0) is 11.3 Å². The third-order valence-corrected chi connectivity index (χ3v) is 4.74. The van der Waals surface area contributed by atoms with Gasteiger partial charge < -0.3 is 15.8 Å². The van der Waals surface area contributed by atoms with Gasteiger partial charge in [-0.2, -0.15) is 4.73 Å². The number of pyridine rings is 1. The molecule has 1 saturated heterocycles. The largest absolute Gasteiger partial charge is 0.619 e. The van der Waals surface area contributed by atoms with Gasteiger partial charge in [-0.1, -0.05) is 23.7 Å². The zero-order valence-corrected chi connectivity index (χ0v) is 14.2. The van der Waals surface area contributed by atoms with E-state index in [9.17, 15) is 10.0 Å². The summed E-state index contributed by atoms with van der Waals surface area (Å²) in [5.41, 5.74) is 2.88. The number of hydrogen-bond donors (Lipinski definition) is 2. The first-order chi connectivity index (χ1) is 11.5. The molecule has 3 rings (SSSR count). The summed E-state index contributed by atoms with van der Waals surface area (Å²) in [5, 5.41) is 18.2. The SMILES string of the molecule is Cc1ccc(C2CNCC2C(=O)NCc2ccc[n+]([O-])c2)c(Cl)c1. The third kappa shape index (κ3) is 3.68. The first-order valence-corrected chi connectivity index (χ1v) is 8.34. The molecule has 2 atom stereocenters. The maximum atomic E-state index is 12.6. The van der Waals surface area contributed by atoms with Gasteiger partial charge in [-0.15, -0.1) is 0 Å². The molecule has 6 heteroatoms. The molecule has 0 saturated carbocycles. The molecule has 5 nitrogen and oxygen atoms in total. The van der Waals surface area contributed by atoms with E-state index in [1.807, 2.05) is 31.2 Å². The molecule has 0 radical (unpaired) electrons. The minimum Gasteiger partial charge on any atom is -0.619 e. The van der Waals surface area contributed by atoms with Gasteiger partial charge in [-0.05, 0) is 30.2 Å². The lowest BCUT2D eigenvalue weighted by molar-refractivity contribution is -0.605. The van der Waals surface area contributed by atoms with E-state index in [1.54, 1.807) is 6.07 Å². The van der Waals surface area contributed by atoms with Gasteiger partial charge in [0.05, 0.1) is 5.92 Å². The molecule has 126 valence electrons.